The van der Waals surface area contributed by atoms with E-state index < -0.39 is 0 Å². The van der Waals surface area contributed by atoms with Crippen molar-refractivity contribution >= 4 is 6.09 Å². The molecule has 4 nitrogen and oxygen atoms in total. The van der Waals surface area contributed by atoms with E-state index in [0.717, 1.165) is 6.42 Å². The molecule has 2 N–H and O–H groups in total. The van der Waals surface area contributed by atoms with Crippen molar-refractivity contribution in [3.63, 3.8) is 0 Å². The largest absolute Gasteiger partial charge is 0.449 e. The van der Waals surface area contributed by atoms with E-state index in [2.05, 4.69) is 0 Å². The van der Waals surface area contributed by atoms with Crippen molar-refractivity contribution in [2.75, 3.05) is 26.7 Å². The molecule has 1 amide bonds. The third-order valence-corrected chi connectivity index (χ3v) is 1.21. The van der Waals surface area contributed by atoms with E-state index in [1.807, 2.05) is 6.92 Å². The van der Waals surface area contributed by atoms with Crippen LogP contribution in [0.4, 0.5) is 4.79 Å². The number of rotatable bonds is 4. The van der Waals surface area contributed by atoms with Crippen molar-refractivity contribution < 1.29 is 9.53 Å². The topological polar surface area (TPSA) is 55.6 Å². The van der Waals surface area contributed by atoms with Gasteiger partial charge in [-0.2, -0.15) is 0 Å². The summed E-state index contributed by atoms with van der Waals surface area (Å²) in [5.74, 6) is 0. The molecule has 0 aromatic heterocycles. The Morgan fingerprint density at radius 1 is 1.64 bits per heavy atom. The van der Waals surface area contributed by atoms with E-state index >= 15 is 0 Å². The molecular formula is C7H16N2O2. The van der Waals surface area contributed by atoms with Crippen molar-refractivity contribution in [2.45, 2.75) is 13.3 Å². The average Bonchev–Trinajstić information content (AvgIpc) is 2.00. The van der Waals surface area contributed by atoms with Crippen molar-refractivity contribution in [1.29, 1.82) is 0 Å². The fourth-order valence-corrected chi connectivity index (χ4v) is 0.585. The van der Waals surface area contributed by atoms with Gasteiger partial charge in [0.2, 0.25) is 0 Å². The Balaban J connectivity index is 3.47. The lowest BCUT2D eigenvalue weighted by molar-refractivity contribution is 0.112. The van der Waals surface area contributed by atoms with Crippen LogP contribution in [0.25, 0.3) is 0 Å². The fraction of sp³-hybridized carbons (Fsp3) is 0.857. The van der Waals surface area contributed by atoms with Crippen molar-refractivity contribution in [2.24, 2.45) is 5.73 Å². The molecule has 66 valence electrons. The summed E-state index contributed by atoms with van der Waals surface area (Å²) in [4.78, 5) is 12.4. The molecule has 0 bridgehead atoms. The number of carbonyl (C=O) groups excluding carboxylic acids is 1. The molecule has 0 aliphatic heterocycles. The Labute approximate surface area is 67.3 Å². The third-order valence-electron chi connectivity index (χ3n) is 1.21. The number of nitrogens with two attached hydrogens (primary N) is 1. The first-order chi connectivity index (χ1) is 5.22. The first-order valence-corrected chi connectivity index (χ1v) is 3.80. The van der Waals surface area contributed by atoms with Gasteiger partial charge in [-0.1, -0.05) is 6.92 Å². The second kappa shape index (κ2) is 5.97. The van der Waals surface area contributed by atoms with E-state index in [9.17, 15) is 4.79 Å². The summed E-state index contributed by atoms with van der Waals surface area (Å²) in [6.45, 7) is 3.45. The second-order valence-corrected chi connectivity index (χ2v) is 2.32. The van der Waals surface area contributed by atoms with Gasteiger partial charge in [0.25, 0.3) is 0 Å². The van der Waals surface area contributed by atoms with Crippen LogP contribution in [0.3, 0.4) is 0 Å². The maximum Gasteiger partial charge on any atom is 0.409 e. The Kier molecular flexibility index (Phi) is 5.56. The molecular weight excluding hydrogens is 144 g/mol. The van der Waals surface area contributed by atoms with Crippen LogP contribution >= 0.6 is 0 Å². The fourth-order valence-electron chi connectivity index (χ4n) is 0.585. The van der Waals surface area contributed by atoms with Gasteiger partial charge < -0.3 is 15.4 Å². The molecule has 0 saturated heterocycles. The normalized spacial score (nSPS) is 9.36. The van der Waals surface area contributed by atoms with E-state index in [1.165, 1.54) is 4.90 Å². The van der Waals surface area contributed by atoms with Gasteiger partial charge >= 0.3 is 6.09 Å². The summed E-state index contributed by atoms with van der Waals surface area (Å²) in [5, 5.41) is 0. The molecule has 0 heterocycles. The van der Waals surface area contributed by atoms with Gasteiger partial charge in [0.05, 0.1) is 6.61 Å². The summed E-state index contributed by atoms with van der Waals surface area (Å²) >= 11 is 0. The highest BCUT2D eigenvalue weighted by Crippen LogP contribution is 1.89. The zero-order valence-electron chi connectivity index (χ0n) is 7.17. The number of likely N-dealkylation sites (N-methyl/N-ethyl adjacent to an activating group) is 1. The maximum absolute atomic E-state index is 10.9. The highest BCUT2D eigenvalue weighted by atomic mass is 16.6. The number of hydrogen-bond donors (Lipinski definition) is 1. The number of nitrogens with zero attached hydrogens (tertiary/aromatic N) is 1. The van der Waals surface area contributed by atoms with Crippen LogP contribution < -0.4 is 5.73 Å². The van der Waals surface area contributed by atoms with Gasteiger partial charge in [-0.15, -0.1) is 0 Å². The van der Waals surface area contributed by atoms with E-state index in [0.29, 0.717) is 19.7 Å². The second-order valence-electron chi connectivity index (χ2n) is 2.32. The first kappa shape index (κ1) is 10.2. The van der Waals surface area contributed by atoms with Crippen LogP contribution in [0, 0.1) is 0 Å². The SMILES string of the molecule is CCCOC(=O)N(C)CCN. The van der Waals surface area contributed by atoms with Crippen LogP contribution in [0.2, 0.25) is 0 Å². The number of amides is 1. The van der Waals surface area contributed by atoms with Gasteiger partial charge in [-0.05, 0) is 6.42 Å². The average molecular weight is 160 g/mol. The lowest BCUT2D eigenvalue weighted by atomic mass is 10.5. The van der Waals surface area contributed by atoms with Crippen LogP contribution in [0.1, 0.15) is 13.3 Å². The highest BCUT2D eigenvalue weighted by molar-refractivity contribution is 5.67. The highest BCUT2D eigenvalue weighted by Gasteiger charge is 2.06. The zero-order valence-corrected chi connectivity index (χ0v) is 7.17. The van der Waals surface area contributed by atoms with Crippen LogP contribution in [-0.2, 0) is 4.74 Å². The molecule has 0 fully saturated rings. The quantitative estimate of drug-likeness (QED) is 0.648. The Bertz CT molecular complexity index is 117. The molecule has 0 aliphatic carbocycles. The zero-order chi connectivity index (χ0) is 8.69. The van der Waals surface area contributed by atoms with Crippen molar-refractivity contribution in [3.8, 4) is 0 Å². The molecule has 0 aliphatic rings. The number of ether oxygens (including phenoxy) is 1. The number of hydrogen-bond acceptors (Lipinski definition) is 3. The molecule has 0 aromatic rings. The molecule has 0 spiro atoms. The minimum absolute atomic E-state index is 0.294. The van der Waals surface area contributed by atoms with Gasteiger partial charge in [0.1, 0.15) is 0 Å². The standard InChI is InChI=1S/C7H16N2O2/c1-3-6-11-7(10)9(2)5-4-8/h3-6,8H2,1-2H3. The molecule has 0 aromatic carbocycles. The van der Waals surface area contributed by atoms with Crippen LogP contribution in [0.5, 0.6) is 0 Å². The summed E-state index contributed by atoms with van der Waals surface area (Å²) in [6, 6.07) is 0. The third kappa shape index (κ3) is 4.61. The maximum atomic E-state index is 10.9. The molecule has 4 heteroatoms. The van der Waals surface area contributed by atoms with Gasteiger partial charge in [0.15, 0.2) is 0 Å². The van der Waals surface area contributed by atoms with Crippen LogP contribution in [-0.4, -0.2) is 37.7 Å². The minimum Gasteiger partial charge on any atom is -0.449 e. The Morgan fingerprint density at radius 3 is 2.73 bits per heavy atom. The van der Waals surface area contributed by atoms with Crippen LogP contribution in [0.15, 0.2) is 0 Å². The van der Waals surface area contributed by atoms with Gasteiger partial charge in [-0.25, -0.2) is 4.79 Å². The van der Waals surface area contributed by atoms with E-state index in [1.54, 1.807) is 7.05 Å². The minimum atomic E-state index is -0.294. The molecule has 0 atom stereocenters. The molecule has 0 rings (SSSR count). The van der Waals surface area contributed by atoms with Crippen molar-refractivity contribution in [3.05, 3.63) is 0 Å². The van der Waals surface area contributed by atoms with Gasteiger partial charge in [0, 0.05) is 20.1 Å². The summed E-state index contributed by atoms with van der Waals surface area (Å²) < 4.78 is 4.84. The Morgan fingerprint density at radius 2 is 2.27 bits per heavy atom. The molecule has 0 unspecified atom stereocenters. The Hall–Kier alpha value is -0.770. The molecule has 11 heavy (non-hydrogen) atoms. The first-order valence-electron chi connectivity index (χ1n) is 3.80. The summed E-state index contributed by atoms with van der Waals surface area (Å²) in [7, 11) is 1.67. The monoisotopic (exact) mass is 160 g/mol. The predicted octanol–water partition coefficient (Wildman–Crippen LogP) is 0.424. The lowest BCUT2D eigenvalue weighted by Crippen LogP contribution is -2.32. The smallest absolute Gasteiger partial charge is 0.409 e. The predicted molar refractivity (Wildman–Crippen MR) is 43.3 cm³/mol. The van der Waals surface area contributed by atoms with E-state index in [4.69, 9.17) is 10.5 Å². The summed E-state index contributed by atoms with van der Waals surface area (Å²) in [5.41, 5.74) is 5.25. The molecule has 0 radical (unpaired) electrons. The van der Waals surface area contributed by atoms with E-state index in [-0.39, 0.29) is 6.09 Å². The molecule has 0 saturated carbocycles. The van der Waals surface area contributed by atoms with Crippen molar-refractivity contribution in [1.82, 2.24) is 4.90 Å². The number of carbonyl (C=O) groups is 1. The lowest BCUT2D eigenvalue weighted by Gasteiger charge is -2.14. The van der Waals surface area contributed by atoms with Gasteiger partial charge in [-0.3, -0.25) is 0 Å². The summed E-state index contributed by atoms with van der Waals surface area (Å²) in [6.07, 6.45) is 0.555.